The summed E-state index contributed by atoms with van der Waals surface area (Å²) in [6.45, 7) is 3.68. The first-order valence-electron chi connectivity index (χ1n) is 13.1. The maximum Gasteiger partial charge on any atom is 0.323 e. The summed E-state index contributed by atoms with van der Waals surface area (Å²) in [5.74, 6) is 1.39. The quantitative estimate of drug-likeness (QED) is 0.367. The molecule has 0 radical (unpaired) electrons. The maximum atomic E-state index is 12.6. The minimum absolute atomic E-state index is 0.0953. The SMILES string of the molecule is CN(C)Cc1cc2c(N3CCOCC3)nc(-c3ccc(NC(=O)Nc4ccc(C(=O)N(C)C)cc4)cc3)nn2c1. The van der Waals surface area contributed by atoms with Crippen molar-refractivity contribution in [3.05, 3.63) is 71.9 Å². The van der Waals surface area contributed by atoms with Gasteiger partial charge in [-0.1, -0.05) is 0 Å². The molecule has 1 aliphatic heterocycles. The molecule has 40 heavy (non-hydrogen) atoms. The number of urea groups is 1. The molecular formula is C29H34N8O3. The minimum Gasteiger partial charge on any atom is -0.378 e. The number of hydrogen-bond donors (Lipinski definition) is 2. The number of ether oxygens (including phenoxy) is 1. The number of hydrogen-bond acceptors (Lipinski definition) is 7. The first kappa shape index (κ1) is 27.1. The van der Waals surface area contributed by atoms with Gasteiger partial charge in [0.15, 0.2) is 11.6 Å². The molecule has 0 atom stereocenters. The largest absolute Gasteiger partial charge is 0.378 e. The number of aromatic nitrogens is 3. The van der Waals surface area contributed by atoms with Crippen molar-refractivity contribution < 1.29 is 14.3 Å². The second kappa shape index (κ2) is 11.7. The summed E-state index contributed by atoms with van der Waals surface area (Å²) in [6, 6.07) is 16.0. The van der Waals surface area contributed by atoms with Crippen LogP contribution < -0.4 is 15.5 Å². The molecule has 1 aliphatic rings. The first-order chi connectivity index (χ1) is 19.3. The molecule has 0 saturated carbocycles. The Labute approximate surface area is 233 Å². The highest BCUT2D eigenvalue weighted by molar-refractivity contribution is 6.00. The van der Waals surface area contributed by atoms with E-state index in [0.717, 1.165) is 42.1 Å². The summed E-state index contributed by atoms with van der Waals surface area (Å²) in [5, 5.41) is 10.4. The van der Waals surface area contributed by atoms with Crippen LogP contribution in [0.25, 0.3) is 16.9 Å². The lowest BCUT2D eigenvalue weighted by atomic mass is 10.2. The van der Waals surface area contributed by atoms with Gasteiger partial charge in [0.25, 0.3) is 5.91 Å². The standard InChI is InChI=1S/C29H34N8O3/c1-34(2)18-20-17-25-27(36-13-15-40-16-14-36)32-26(33-37(25)19-20)21-5-9-23(10-6-21)30-29(39)31-24-11-7-22(8-12-24)28(38)35(3)4/h5-12,17,19H,13-16,18H2,1-4H3,(H2,30,31,39). The van der Waals surface area contributed by atoms with E-state index in [-0.39, 0.29) is 11.9 Å². The zero-order valence-corrected chi connectivity index (χ0v) is 23.2. The van der Waals surface area contributed by atoms with Gasteiger partial charge in [-0.3, -0.25) is 4.79 Å². The number of fused-ring (bicyclic) bond motifs is 1. The third-order valence-electron chi connectivity index (χ3n) is 6.51. The van der Waals surface area contributed by atoms with Gasteiger partial charge in [0, 0.05) is 62.4 Å². The average Bonchev–Trinajstić information content (AvgIpc) is 3.35. The molecule has 0 bridgehead atoms. The lowest BCUT2D eigenvalue weighted by Gasteiger charge is -2.28. The van der Waals surface area contributed by atoms with Crippen molar-refractivity contribution in [2.45, 2.75) is 6.54 Å². The summed E-state index contributed by atoms with van der Waals surface area (Å²) in [5.41, 5.74) is 4.74. The van der Waals surface area contributed by atoms with Gasteiger partial charge in [0.1, 0.15) is 5.52 Å². The van der Waals surface area contributed by atoms with Crippen molar-refractivity contribution in [1.29, 1.82) is 0 Å². The molecule has 4 aromatic rings. The Morgan fingerprint density at radius 1 is 0.925 bits per heavy atom. The maximum absolute atomic E-state index is 12.6. The van der Waals surface area contributed by atoms with Crippen molar-refractivity contribution in [2.24, 2.45) is 0 Å². The van der Waals surface area contributed by atoms with Crippen LogP contribution in [0, 0.1) is 0 Å². The number of carbonyl (C=O) groups excluding carboxylic acids is 2. The molecule has 2 aromatic carbocycles. The Bertz CT molecular complexity index is 1490. The van der Waals surface area contributed by atoms with E-state index in [0.29, 0.717) is 36.0 Å². The second-order valence-corrected chi connectivity index (χ2v) is 10.2. The molecule has 2 N–H and O–H groups in total. The molecule has 3 heterocycles. The van der Waals surface area contributed by atoms with Crippen molar-refractivity contribution in [3.63, 3.8) is 0 Å². The number of rotatable bonds is 7. The van der Waals surface area contributed by atoms with Gasteiger partial charge in [-0.05, 0) is 74.3 Å². The Kier molecular flexibility index (Phi) is 7.94. The third kappa shape index (κ3) is 6.22. The van der Waals surface area contributed by atoms with Crippen molar-refractivity contribution >= 4 is 34.6 Å². The molecule has 5 rings (SSSR count). The first-order valence-corrected chi connectivity index (χ1v) is 13.1. The molecular weight excluding hydrogens is 508 g/mol. The molecule has 208 valence electrons. The molecule has 11 nitrogen and oxygen atoms in total. The van der Waals surface area contributed by atoms with Crippen LogP contribution in [0.15, 0.2) is 60.8 Å². The lowest BCUT2D eigenvalue weighted by molar-refractivity contribution is 0.0827. The van der Waals surface area contributed by atoms with Gasteiger partial charge in [-0.2, -0.15) is 0 Å². The average molecular weight is 543 g/mol. The molecule has 1 saturated heterocycles. The van der Waals surface area contributed by atoms with Crippen molar-refractivity contribution in [1.82, 2.24) is 24.4 Å². The highest BCUT2D eigenvalue weighted by Crippen LogP contribution is 2.27. The zero-order valence-electron chi connectivity index (χ0n) is 23.2. The van der Waals surface area contributed by atoms with E-state index in [1.807, 2.05) is 49.1 Å². The van der Waals surface area contributed by atoms with E-state index in [4.69, 9.17) is 14.8 Å². The van der Waals surface area contributed by atoms with Gasteiger partial charge in [0.2, 0.25) is 0 Å². The van der Waals surface area contributed by atoms with E-state index >= 15 is 0 Å². The summed E-state index contributed by atoms with van der Waals surface area (Å²) in [7, 11) is 7.48. The van der Waals surface area contributed by atoms with Crippen LogP contribution >= 0.6 is 0 Å². The van der Waals surface area contributed by atoms with Gasteiger partial charge < -0.3 is 30.1 Å². The number of benzene rings is 2. The molecule has 3 amide bonds. The molecule has 11 heteroatoms. The van der Waals surface area contributed by atoms with Crippen LogP contribution in [0.3, 0.4) is 0 Å². The van der Waals surface area contributed by atoms with Crippen LogP contribution in [-0.4, -0.2) is 90.8 Å². The zero-order chi connectivity index (χ0) is 28.2. The van der Waals surface area contributed by atoms with E-state index in [9.17, 15) is 9.59 Å². The van der Waals surface area contributed by atoms with Gasteiger partial charge >= 0.3 is 6.03 Å². The second-order valence-electron chi connectivity index (χ2n) is 10.2. The van der Waals surface area contributed by atoms with E-state index in [1.165, 1.54) is 4.90 Å². The van der Waals surface area contributed by atoms with Gasteiger partial charge in [0.05, 0.1) is 13.2 Å². The minimum atomic E-state index is -0.382. The van der Waals surface area contributed by atoms with Crippen LogP contribution in [0.4, 0.5) is 22.0 Å². The number of carbonyl (C=O) groups is 2. The summed E-state index contributed by atoms with van der Waals surface area (Å²) < 4.78 is 7.46. The summed E-state index contributed by atoms with van der Waals surface area (Å²) in [4.78, 5) is 35.5. The normalized spacial score (nSPS) is 13.5. The fourth-order valence-corrected chi connectivity index (χ4v) is 4.57. The van der Waals surface area contributed by atoms with Gasteiger partial charge in [-0.25, -0.2) is 14.3 Å². The number of nitrogens with one attached hydrogen (secondary N) is 2. The number of anilines is 3. The van der Waals surface area contributed by atoms with Crippen molar-refractivity contribution in [3.8, 4) is 11.4 Å². The summed E-state index contributed by atoms with van der Waals surface area (Å²) >= 11 is 0. The van der Waals surface area contributed by atoms with E-state index < -0.39 is 0 Å². The highest BCUT2D eigenvalue weighted by atomic mass is 16.5. The molecule has 0 aliphatic carbocycles. The lowest BCUT2D eigenvalue weighted by Crippen LogP contribution is -2.37. The Morgan fingerprint density at radius 3 is 2.15 bits per heavy atom. The fraction of sp³-hybridized carbons (Fsp3) is 0.310. The van der Waals surface area contributed by atoms with E-state index in [1.54, 1.807) is 38.4 Å². The monoisotopic (exact) mass is 542 g/mol. The number of morpholine rings is 1. The number of nitrogens with zero attached hydrogens (tertiary/aromatic N) is 6. The topological polar surface area (TPSA) is 107 Å². The van der Waals surface area contributed by atoms with Crippen LogP contribution in [0.5, 0.6) is 0 Å². The van der Waals surface area contributed by atoms with Gasteiger partial charge in [-0.15, -0.1) is 5.10 Å². The van der Waals surface area contributed by atoms with E-state index in [2.05, 4.69) is 26.5 Å². The molecule has 0 spiro atoms. The van der Waals surface area contributed by atoms with Crippen LogP contribution in [-0.2, 0) is 11.3 Å². The van der Waals surface area contributed by atoms with Crippen LogP contribution in [0.1, 0.15) is 15.9 Å². The Morgan fingerprint density at radius 2 is 1.55 bits per heavy atom. The smallest absolute Gasteiger partial charge is 0.323 e. The Balaban J connectivity index is 1.32. The predicted octanol–water partition coefficient (Wildman–Crippen LogP) is 3.64. The molecule has 0 unspecified atom stereocenters. The van der Waals surface area contributed by atoms with Crippen molar-refractivity contribution in [2.75, 3.05) is 70.0 Å². The highest BCUT2D eigenvalue weighted by Gasteiger charge is 2.19. The predicted molar refractivity (Wildman–Crippen MR) is 156 cm³/mol. The fourth-order valence-electron chi connectivity index (χ4n) is 4.57. The molecule has 1 fully saturated rings. The third-order valence-corrected chi connectivity index (χ3v) is 6.51. The number of amides is 3. The Hall–Kier alpha value is -4.48. The molecule has 2 aromatic heterocycles. The summed E-state index contributed by atoms with van der Waals surface area (Å²) in [6.07, 6.45) is 2.05. The van der Waals surface area contributed by atoms with Crippen LogP contribution in [0.2, 0.25) is 0 Å².